The van der Waals surface area contributed by atoms with Crippen LogP contribution in [0.25, 0.3) is 5.57 Å². The van der Waals surface area contributed by atoms with E-state index in [2.05, 4.69) is 198 Å². The molecule has 0 nitrogen and oxygen atoms in total. The molecule has 55 heavy (non-hydrogen) atoms. The molecule has 290 valence electrons. The van der Waals surface area contributed by atoms with Crippen molar-refractivity contribution in [2.24, 2.45) is 27.6 Å². The Kier molecular flexibility index (Phi) is 13.7. The van der Waals surface area contributed by atoms with Gasteiger partial charge in [-0.3, -0.25) is 0 Å². The Labute approximate surface area is 361 Å². The van der Waals surface area contributed by atoms with Crippen molar-refractivity contribution in [1.29, 1.82) is 0 Å². The van der Waals surface area contributed by atoms with Crippen LogP contribution in [0, 0.1) is 40.4 Å². The monoisotopic (exact) mass is 936 g/mol. The summed E-state index contributed by atoms with van der Waals surface area (Å²) in [5.41, 5.74) is 16.1. The molecule has 0 N–H and O–H groups in total. The van der Waals surface area contributed by atoms with Crippen LogP contribution in [0.4, 0.5) is 0 Å². The molecule has 0 amide bonds. The summed E-state index contributed by atoms with van der Waals surface area (Å²) in [5, 5.41) is 0. The van der Waals surface area contributed by atoms with E-state index < -0.39 is 0 Å². The van der Waals surface area contributed by atoms with Crippen LogP contribution in [0.5, 0.6) is 0 Å². The first-order valence-electron chi connectivity index (χ1n) is 19.9. The number of rotatable bonds is 2. The third-order valence-corrected chi connectivity index (χ3v) is 16.8. The van der Waals surface area contributed by atoms with Gasteiger partial charge in [-0.2, -0.15) is 34.4 Å². The van der Waals surface area contributed by atoms with Crippen molar-refractivity contribution < 1.29 is 48.7 Å². The predicted octanol–water partition coefficient (Wildman–Crippen LogP) is 7.79. The molecular formula is C52H62Cl2Hf-2. The molecule has 4 aliphatic carbocycles. The zero-order chi connectivity index (χ0) is 38.6. The molecule has 0 bridgehead atoms. The average Bonchev–Trinajstić information content (AvgIpc) is 3.76. The summed E-state index contributed by atoms with van der Waals surface area (Å²) in [4.78, 5) is 0. The van der Waals surface area contributed by atoms with E-state index in [-0.39, 0.29) is 46.5 Å². The minimum absolute atomic E-state index is 0. The van der Waals surface area contributed by atoms with Gasteiger partial charge in [0.1, 0.15) is 0 Å². The Morgan fingerprint density at radius 3 is 1.84 bits per heavy atom. The van der Waals surface area contributed by atoms with Crippen LogP contribution in [-0.2, 0) is 35.7 Å². The molecule has 1 fully saturated rings. The van der Waals surface area contributed by atoms with Gasteiger partial charge in [-0.15, -0.1) is 6.92 Å². The van der Waals surface area contributed by atoms with Gasteiger partial charge in [-0.05, 0) is 40.6 Å². The number of hydrogen-bond acceptors (Lipinski definition) is 0. The molecule has 0 aliphatic heterocycles. The molecular weight excluding hydrogens is 874 g/mol. The molecule has 4 aromatic rings. The fourth-order valence-corrected chi connectivity index (χ4v) is 11.2. The van der Waals surface area contributed by atoms with Crippen molar-refractivity contribution in [3.05, 3.63) is 171 Å². The van der Waals surface area contributed by atoms with Crippen LogP contribution in [0.2, 0.25) is 0 Å². The van der Waals surface area contributed by atoms with E-state index in [1.807, 2.05) is 0 Å². The molecule has 0 spiro atoms. The van der Waals surface area contributed by atoms with Crippen LogP contribution in [0.15, 0.2) is 132 Å². The Balaban J connectivity index is 0.000000215. The summed E-state index contributed by atoms with van der Waals surface area (Å²) in [6.07, 6.45) is 8.50. The van der Waals surface area contributed by atoms with Gasteiger partial charge in [0.05, 0.1) is 0 Å². The topological polar surface area (TPSA) is 0 Å². The fraction of sp³-hybridized carbons (Fsp3) is 0.404. The number of halogens is 2. The standard InChI is InChI=1S/C29H37.C13H10.C10H15.2ClH.Hf/c1-18-25-22-17-19-13-9-10-14-20(19)24(22)21-15-11-12-16-23(21)29(25,8)28(6,7)27(4,5)26(18,2)3;1-3-7-12(8-4-1)11-13-9-5-2-6-10-13;1-8-5-6-9(7-8)10(2,3)4;;;/h9-11,13-15,23H,12,16-17H2,1-8H3;1-10H;5-7H,1-4H3;2*1H;/q-1;;-1;;;+2/p-2. The molecule has 0 saturated heterocycles. The van der Waals surface area contributed by atoms with Crippen LogP contribution in [-0.4, -0.2) is 3.26 Å². The van der Waals surface area contributed by atoms with E-state index in [1.165, 1.54) is 49.5 Å². The van der Waals surface area contributed by atoms with Crippen LogP contribution < -0.4 is 24.8 Å². The molecule has 0 aromatic heterocycles. The quantitative estimate of drug-likeness (QED) is 0.143. The third kappa shape index (κ3) is 7.74. The summed E-state index contributed by atoms with van der Waals surface area (Å²) in [6, 6.07) is 37.0. The van der Waals surface area contributed by atoms with Gasteiger partial charge in [0, 0.05) is 0 Å². The van der Waals surface area contributed by atoms with Crippen LogP contribution in [0.3, 0.4) is 0 Å². The van der Waals surface area contributed by atoms with E-state index in [0.717, 1.165) is 30.3 Å². The predicted molar refractivity (Wildman–Crippen MR) is 226 cm³/mol. The van der Waals surface area contributed by atoms with Crippen molar-refractivity contribution >= 4 is 8.83 Å². The Hall–Kier alpha value is -2.58. The average molecular weight is 936 g/mol. The van der Waals surface area contributed by atoms with Gasteiger partial charge in [0.2, 0.25) is 0 Å². The van der Waals surface area contributed by atoms with Crippen LogP contribution in [0.1, 0.15) is 122 Å². The minimum atomic E-state index is 0. The van der Waals surface area contributed by atoms with E-state index in [4.69, 9.17) is 0 Å². The maximum atomic E-state index is 2.62. The normalized spacial score (nSPS) is 22.2. The summed E-state index contributed by atoms with van der Waals surface area (Å²) < 4.78 is 1.46. The molecule has 0 radical (unpaired) electrons. The Bertz CT molecular complexity index is 2020. The van der Waals surface area contributed by atoms with E-state index in [9.17, 15) is 0 Å². The number of benzene rings is 3. The number of hydrogen-bond donors (Lipinski definition) is 0. The molecule has 4 aromatic carbocycles. The molecule has 4 aliphatic rings. The first-order chi connectivity index (χ1) is 24.9. The summed E-state index contributed by atoms with van der Waals surface area (Å²) >= 11 is 1.08. The molecule has 0 heterocycles. The van der Waals surface area contributed by atoms with E-state index in [0.29, 0.717) is 11.3 Å². The number of aryl methyl sites for hydroxylation is 1. The van der Waals surface area contributed by atoms with Gasteiger partial charge >= 0.3 is 98.9 Å². The zero-order valence-corrected chi connectivity index (χ0v) is 40.5. The molecule has 2 unspecified atom stereocenters. The van der Waals surface area contributed by atoms with Crippen molar-refractivity contribution in [1.82, 2.24) is 0 Å². The third-order valence-electron chi connectivity index (χ3n) is 14.7. The van der Waals surface area contributed by atoms with Gasteiger partial charge in [-0.25, -0.2) is 12.0 Å². The first kappa shape index (κ1) is 45.1. The summed E-state index contributed by atoms with van der Waals surface area (Å²) in [6.45, 7) is 29.1. The molecule has 1 saturated carbocycles. The van der Waals surface area contributed by atoms with Crippen molar-refractivity contribution in [3.63, 3.8) is 0 Å². The van der Waals surface area contributed by atoms with E-state index >= 15 is 0 Å². The van der Waals surface area contributed by atoms with Gasteiger partial charge in [0.25, 0.3) is 0 Å². The van der Waals surface area contributed by atoms with Gasteiger partial charge in [0.15, 0.2) is 0 Å². The summed E-state index contributed by atoms with van der Waals surface area (Å²) in [5.74, 6) is 2.24. The van der Waals surface area contributed by atoms with Crippen molar-refractivity contribution in [2.45, 2.75) is 108 Å². The fourth-order valence-electron chi connectivity index (χ4n) is 9.97. The molecule has 3 heteroatoms. The summed E-state index contributed by atoms with van der Waals surface area (Å²) in [7, 11) is 0. The van der Waals surface area contributed by atoms with Gasteiger partial charge in [-0.1, -0.05) is 147 Å². The van der Waals surface area contributed by atoms with Crippen molar-refractivity contribution in [3.8, 4) is 0 Å². The Morgan fingerprint density at radius 2 is 1.33 bits per heavy atom. The zero-order valence-electron chi connectivity index (χ0n) is 35.4. The van der Waals surface area contributed by atoms with E-state index in [1.54, 1.807) is 28.2 Å². The second-order valence-electron chi connectivity index (χ2n) is 18.8. The second-order valence-corrected chi connectivity index (χ2v) is 20.6. The SMILES string of the molecule is C[C-]1C2=C3Cc4ccccc4C3=C3C=CCCC3C2(C)C(C)(C)C(C)(C)C1(C)C.Cc1cc(C(C)(C)C)c[cH-]1.[Cl-].[Cl-].[Hf+2]=[C](c1ccccc1)c1ccccc1. The van der Waals surface area contributed by atoms with Gasteiger partial charge < -0.3 is 24.8 Å². The van der Waals surface area contributed by atoms with Crippen LogP contribution >= 0.6 is 0 Å². The second kappa shape index (κ2) is 16.7. The molecule has 8 rings (SSSR count). The van der Waals surface area contributed by atoms with Crippen molar-refractivity contribution in [2.75, 3.05) is 0 Å². The first-order valence-corrected chi connectivity index (χ1v) is 21.7. The maximum absolute atomic E-state index is 2.62. The molecule has 2 atom stereocenters. The Morgan fingerprint density at radius 1 is 0.782 bits per heavy atom. The number of allylic oxidation sites excluding steroid dienone is 6. The number of fused-ring (bicyclic) bond motifs is 6.